The monoisotopic (exact) mass is 722 g/mol. The lowest BCUT2D eigenvalue weighted by molar-refractivity contribution is 0.0122. The highest BCUT2D eigenvalue weighted by molar-refractivity contribution is 6.02. The summed E-state index contributed by atoms with van der Waals surface area (Å²) in [5, 5.41) is 12.9. The first kappa shape index (κ1) is 35.3. The Labute approximate surface area is 309 Å². The molecule has 1 aliphatic carbocycles. The van der Waals surface area contributed by atoms with E-state index < -0.39 is 11.4 Å². The molecule has 278 valence electrons. The molecule has 0 radical (unpaired) electrons. The minimum absolute atomic E-state index is 0.0121. The number of halogens is 1. The van der Waals surface area contributed by atoms with E-state index in [1.54, 1.807) is 12.1 Å². The zero-order valence-electron chi connectivity index (χ0n) is 30.7. The highest BCUT2D eigenvalue weighted by Crippen LogP contribution is 2.47. The molecule has 2 atom stereocenters. The molecule has 2 unspecified atom stereocenters. The van der Waals surface area contributed by atoms with Crippen LogP contribution >= 0.6 is 0 Å². The third-order valence-corrected chi connectivity index (χ3v) is 11.1. The molecule has 3 aromatic carbocycles. The summed E-state index contributed by atoms with van der Waals surface area (Å²) in [6.45, 7) is 18.9. The molecule has 12 heteroatoms. The number of fused-ring (bicyclic) bond motifs is 4. The Morgan fingerprint density at radius 2 is 1.81 bits per heavy atom. The van der Waals surface area contributed by atoms with Gasteiger partial charge in [0.1, 0.15) is 22.7 Å². The predicted molar refractivity (Wildman–Crippen MR) is 201 cm³/mol. The van der Waals surface area contributed by atoms with E-state index >= 15 is 4.39 Å². The number of hydrogen-bond donors (Lipinski definition) is 1. The number of aromatic nitrogens is 2. The maximum absolute atomic E-state index is 17.5. The molecule has 1 N–H and O–H groups in total. The summed E-state index contributed by atoms with van der Waals surface area (Å²) >= 11 is 0. The van der Waals surface area contributed by atoms with Crippen molar-refractivity contribution in [1.29, 1.82) is 0 Å². The van der Waals surface area contributed by atoms with Crippen LogP contribution in [-0.4, -0.2) is 108 Å². The lowest BCUT2D eigenvalue weighted by Gasteiger charge is -2.42. The number of aromatic hydroxyl groups is 1. The Bertz CT molecular complexity index is 2070. The molecule has 53 heavy (non-hydrogen) atoms. The number of piperazine rings is 1. The fourth-order valence-corrected chi connectivity index (χ4v) is 8.38. The van der Waals surface area contributed by atoms with Crippen LogP contribution in [0.5, 0.6) is 11.8 Å². The zero-order valence-corrected chi connectivity index (χ0v) is 30.7. The molecule has 0 spiro atoms. The van der Waals surface area contributed by atoms with E-state index in [-0.39, 0.29) is 47.4 Å². The second-order valence-electron chi connectivity index (χ2n) is 16.2. The largest absolute Gasteiger partial charge is 0.508 e. The van der Waals surface area contributed by atoms with Gasteiger partial charge in [0.2, 0.25) is 6.54 Å². The number of phenols is 1. The number of hydrogen-bond acceptors (Lipinski definition) is 9. The molecule has 1 amide bonds. The van der Waals surface area contributed by atoms with Crippen molar-refractivity contribution in [2.45, 2.75) is 70.6 Å². The second-order valence-corrected chi connectivity index (χ2v) is 16.2. The van der Waals surface area contributed by atoms with E-state index in [4.69, 9.17) is 30.8 Å². The standard InChI is InChI=1S/C41H47FN6O5/c1-40(2,3)53-39(50)48-28-9-10-29(48)23-47(22-28)37-33-20-27(11-14-43-4)34(32-21-30(49)19-26-7-5-6-8-31(26)32)35(42)36(33)44-38(45-37)52-25-41(12-13-41)24-46-15-17-51-18-16-46/h5-8,19-21,28-29,49H,9-18,22-25H2,1-3H3. The highest BCUT2D eigenvalue weighted by Gasteiger charge is 2.47. The molecule has 4 fully saturated rings. The van der Waals surface area contributed by atoms with Crippen LogP contribution < -0.4 is 9.64 Å². The first-order valence-electron chi connectivity index (χ1n) is 18.8. The molecule has 4 aliphatic rings. The van der Waals surface area contributed by atoms with Gasteiger partial charge < -0.3 is 29.1 Å². The first-order chi connectivity index (χ1) is 25.5. The van der Waals surface area contributed by atoms with Crippen LogP contribution in [0, 0.1) is 17.8 Å². The predicted octanol–water partition coefficient (Wildman–Crippen LogP) is 6.84. The van der Waals surface area contributed by atoms with Gasteiger partial charge in [-0.25, -0.2) is 15.8 Å². The molecule has 1 aromatic heterocycles. The Morgan fingerprint density at radius 1 is 1.08 bits per heavy atom. The summed E-state index contributed by atoms with van der Waals surface area (Å²) < 4.78 is 35.3. The van der Waals surface area contributed by atoms with Gasteiger partial charge in [-0.15, -0.1) is 0 Å². The average molecular weight is 723 g/mol. The van der Waals surface area contributed by atoms with Crippen LogP contribution in [0.2, 0.25) is 0 Å². The van der Waals surface area contributed by atoms with Gasteiger partial charge in [-0.3, -0.25) is 9.80 Å². The van der Waals surface area contributed by atoms with Crippen LogP contribution in [-0.2, 0) is 15.9 Å². The topological polar surface area (TPSA) is 105 Å². The van der Waals surface area contributed by atoms with Crippen molar-refractivity contribution in [3.63, 3.8) is 0 Å². The molecule has 2 bridgehead atoms. The number of morpholine rings is 1. The zero-order chi connectivity index (χ0) is 36.9. The molecule has 11 nitrogen and oxygen atoms in total. The maximum atomic E-state index is 17.5. The van der Waals surface area contributed by atoms with E-state index in [0.717, 1.165) is 69.3 Å². The fourth-order valence-electron chi connectivity index (χ4n) is 8.38. The quantitative estimate of drug-likeness (QED) is 0.186. The summed E-state index contributed by atoms with van der Waals surface area (Å²) in [6.07, 6.45) is 3.72. The Balaban J connectivity index is 1.22. The summed E-state index contributed by atoms with van der Waals surface area (Å²) in [4.78, 5) is 33.2. The van der Waals surface area contributed by atoms with Gasteiger partial charge in [-0.2, -0.15) is 9.97 Å². The molecule has 3 saturated heterocycles. The van der Waals surface area contributed by atoms with Gasteiger partial charge in [0, 0.05) is 55.5 Å². The van der Waals surface area contributed by atoms with Crippen molar-refractivity contribution >= 4 is 33.6 Å². The number of phenolic OH excluding ortho intramolecular Hbond substituents is 1. The number of nitrogens with zero attached hydrogens (tertiary/aromatic N) is 6. The normalized spacial score (nSPS) is 21.2. The lowest BCUT2D eigenvalue weighted by Crippen LogP contribution is -2.57. The van der Waals surface area contributed by atoms with E-state index in [9.17, 15) is 9.90 Å². The van der Waals surface area contributed by atoms with E-state index in [2.05, 4.69) is 14.6 Å². The number of carbonyl (C=O) groups excluding carboxylic acids is 1. The number of ether oxygens (including phenoxy) is 3. The summed E-state index contributed by atoms with van der Waals surface area (Å²) in [6, 6.07) is 12.7. The molecular weight excluding hydrogens is 675 g/mol. The van der Waals surface area contributed by atoms with Crippen LogP contribution in [0.1, 0.15) is 52.0 Å². The molecule has 4 aromatic rings. The molecule has 1 saturated carbocycles. The first-order valence-corrected chi connectivity index (χ1v) is 18.8. The van der Waals surface area contributed by atoms with Crippen molar-refractivity contribution in [2.24, 2.45) is 5.41 Å². The Kier molecular flexibility index (Phi) is 9.27. The highest BCUT2D eigenvalue weighted by atomic mass is 19.1. The Hall–Kier alpha value is -4.73. The fraction of sp³-hybridized carbons (Fsp3) is 0.512. The van der Waals surface area contributed by atoms with Crippen LogP contribution in [0.4, 0.5) is 15.0 Å². The van der Waals surface area contributed by atoms with Gasteiger partial charge in [0.05, 0.1) is 31.9 Å². The van der Waals surface area contributed by atoms with Gasteiger partial charge in [-0.1, -0.05) is 24.3 Å². The number of anilines is 1. The molecular formula is C41H47FN6O5. The minimum Gasteiger partial charge on any atom is -0.508 e. The average Bonchev–Trinajstić information content (AvgIpc) is 3.84. The van der Waals surface area contributed by atoms with Crippen molar-refractivity contribution < 1.29 is 28.5 Å². The van der Waals surface area contributed by atoms with Crippen LogP contribution in [0.15, 0.2) is 42.5 Å². The van der Waals surface area contributed by atoms with Crippen molar-refractivity contribution in [1.82, 2.24) is 19.8 Å². The van der Waals surface area contributed by atoms with Gasteiger partial charge >= 0.3 is 12.1 Å². The summed E-state index contributed by atoms with van der Waals surface area (Å²) in [5.41, 5.74) is 0.985. The van der Waals surface area contributed by atoms with Gasteiger partial charge in [-0.05, 0) is 86.6 Å². The number of amides is 1. The second kappa shape index (κ2) is 13.9. The molecule has 4 heterocycles. The molecule has 3 aliphatic heterocycles. The maximum Gasteiger partial charge on any atom is 0.410 e. The summed E-state index contributed by atoms with van der Waals surface area (Å²) in [5.74, 6) is 0.0330. The lowest BCUT2D eigenvalue weighted by atomic mass is 9.91. The van der Waals surface area contributed by atoms with Crippen molar-refractivity contribution in [3.05, 3.63) is 65.3 Å². The number of benzene rings is 3. The molecule has 8 rings (SSSR count). The van der Waals surface area contributed by atoms with Crippen LogP contribution in [0.3, 0.4) is 0 Å². The minimum atomic E-state index is -0.610. The third-order valence-electron chi connectivity index (χ3n) is 11.1. The number of carbonyl (C=O) groups is 1. The van der Waals surface area contributed by atoms with E-state index in [0.29, 0.717) is 54.0 Å². The smallest absolute Gasteiger partial charge is 0.410 e. The third kappa shape index (κ3) is 7.17. The van der Waals surface area contributed by atoms with Crippen molar-refractivity contribution in [3.8, 4) is 22.9 Å². The Morgan fingerprint density at radius 3 is 2.51 bits per heavy atom. The van der Waals surface area contributed by atoms with Gasteiger partial charge in [0.15, 0.2) is 5.82 Å². The van der Waals surface area contributed by atoms with Crippen LogP contribution in [0.25, 0.3) is 37.6 Å². The van der Waals surface area contributed by atoms with E-state index in [1.165, 1.54) is 0 Å². The summed E-state index contributed by atoms with van der Waals surface area (Å²) in [7, 11) is 0. The van der Waals surface area contributed by atoms with Crippen molar-refractivity contribution in [2.75, 3.05) is 64.0 Å². The van der Waals surface area contributed by atoms with E-state index in [1.807, 2.05) is 56.0 Å². The number of rotatable bonds is 9. The van der Waals surface area contributed by atoms with Gasteiger partial charge in [0.25, 0.3) is 0 Å². The SMILES string of the molecule is [C-]#[N+]CCc1cc2c(N3CC4CCC(C3)N4C(=O)OC(C)(C)C)nc(OCC3(CN4CCOCC4)CC3)nc2c(F)c1-c1cc(O)cc2ccccc12.